The molecule has 1 aromatic rings. The van der Waals surface area contributed by atoms with Gasteiger partial charge in [0.25, 0.3) is 0 Å². The Kier molecular flexibility index (Phi) is 2.71. The highest BCUT2D eigenvalue weighted by molar-refractivity contribution is 5.76. The Hall–Kier alpha value is -1.31. The molecule has 1 N–H and O–H groups in total. The van der Waals surface area contributed by atoms with Crippen molar-refractivity contribution in [1.29, 1.82) is 0 Å². The van der Waals surface area contributed by atoms with Gasteiger partial charge in [-0.05, 0) is 36.1 Å². The third kappa shape index (κ3) is 1.89. The molecular weight excluding hydrogens is 164 g/mol. The third-order valence-electron chi connectivity index (χ3n) is 2.11. The van der Waals surface area contributed by atoms with E-state index >= 15 is 0 Å². The van der Waals surface area contributed by atoms with Gasteiger partial charge in [-0.15, -0.1) is 0 Å². The summed E-state index contributed by atoms with van der Waals surface area (Å²) in [5, 5.41) is 9.67. The maximum Gasteiger partial charge on any atom is 0.150 e. The number of rotatable bonds is 2. The van der Waals surface area contributed by atoms with Crippen molar-refractivity contribution in [3.05, 3.63) is 28.8 Å². The van der Waals surface area contributed by atoms with E-state index in [2.05, 4.69) is 0 Å². The molecule has 0 radical (unpaired) electrons. The van der Waals surface area contributed by atoms with Gasteiger partial charge in [0.2, 0.25) is 0 Å². The summed E-state index contributed by atoms with van der Waals surface area (Å²) in [7, 11) is 0. The molecule has 0 spiro atoms. The Labute approximate surface area is 78.2 Å². The number of aldehydes is 1. The van der Waals surface area contributed by atoms with Crippen molar-refractivity contribution < 1.29 is 9.90 Å². The largest absolute Gasteiger partial charge is 0.507 e. The number of carbonyl (C=O) groups excluding carboxylic acids is 1. The van der Waals surface area contributed by atoms with Crippen LogP contribution in [0.25, 0.3) is 0 Å². The summed E-state index contributed by atoms with van der Waals surface area (Å²) in [6.45, 7) is 5.78. The quantitative estimate of drug-likeness (QED) is 0.707. The first-order chi connectivity index (χ1) is 6.06. The summed E-state index contributed by atoms with van der Waals surface area (Å²) in [4.78, 5) is 10.6. The van der Waals surface area contributed by atoms with Crippen LogP contribution in [0, 0.1) is 6.92 Å². The lowest BCUT2D eigenvalue weighted by Crippen LogP contribution is -1.93. The zero-order valence-electron chi connectivity index (χ0n) is 8.16. The van der Waals surface area contributed by atoms with Crippen molar-refractivity contribution in [2.24, 2.45) is 0 Å². The molecule has 0 aliphatic rings. The minimum Gasteiger partial charge on any atom is -0.507 e. The van der Waals surface area contributed by atoms with Crippen LogP contribution in [0.4, 0.5) is 0 Å². The van der Waals surface area contributed by atoms with E-state index in [1.54, 1.807) is 19.1 Å². The standard InChI is InChI=1S/C11H14O2/c1-7(2)10-5-9(6-12)4-8(3)11(10)13/h4-7,13H,1-3H3. The maximum absolute atomic E-state index is 10.6. The number of phenols is 1. The molecular formula is C11H14O2. The topological polar surface area (TPSA) is 37.3 Å². The normalized spacial score (nSPS) is 10.5. The van der Waals surface area contributed by atoms with Crippen LogP contribution in [0.15, 0.2) is 12.1 Å². The Morgan fingerprint density at radius 3 is 2.46 bits per heavy atom. The third-order valence-corrected chi connectivity index (χ3v) is 2.11. The highest BCUT2D eigenvalue weighted by Crippen LogP contribution is 2.29. The molecule has 0 heterocycles. The number of aryl methyl sites for hydroxylation is 1. The van der Waals surface area contributed by atoms with E-state index in [-0.39, 0.29) is 5.92 Å². The summed E-state index contributed by atoms with van der Waals surface area (Å²) in [5.74, 6) is 0.541. The summed E-state index contributed by atoms with van der Waals surface area (Å²) < 4.78 is 0. The van der Waals surface area contributed by atoms with Crippen molar-refractivity contribution in [2.45, 2.75) is 26.7 Å². The Bertz CT molecular complexity index is 327. The summed E-state index contributed by atoms with van der Waals surface area (Å²) in [6.07, 6.45) is 0.804. The minimum atomic E-state index is 0.235. The molecule has 1 aromatic carbocycles. The molecule has 13 heavy (non-hydrogen) atoms. The first-order valence-electron chi connectivity index (χ1n) is 4.35. The molecule has 0 aliphatic heterocycles. The summed E-state index contributed by atoms with van der Waals surface area (Å²) in [5.41, 5.74) is 2.22. The smallest absolute Gasteiger partial charge is 0.150 e. The zero-order chi connectivity index (χ0) is 10.0. The lowest BCUT2D eigenvalue weighted by Gasteiger charge is -2.11. The van der Waals surface area contributed by atoms with Crippen LogP contribution in [0.2, 0.25) is 0 Å². The molecule has 70 valence electrons. The molecule has 0 saturated heterocycles. The van der Waals surface area contributed by atoms with E-state index in [4.69, 9.17) is 0 Å². The number of hydrogen-bond acceptors (Lipinski definition) is 2. The van der Waals surface area contributed by atoms with Gasteiger partial charge in [-0.2, -0.15) is 0 Å². The van der Waals surface area contributed by atoms with Gasteiger partial charge in [0.15, 0.2) is 0 Å². The molecule has 0 aromatic heterocycles. The Balaban J connectivity index is 3.32. The molecule has 0 bridgehead atoms. The van der Waals surface area contributed by atoms with Gasteiger partial charge in [0, 0.05) is 5.56 Å². The van der Waals surface area contributed by atoms with E-state index in [9.17, 15) is 9.90 Å². The minimum absolute atomic E-state index is 0.235. The average molecular weight is 178 g/mol. The van der Waals surface area contributed by atoms with Gasteiger partial charge in [-0.25, -0.2) is 0 Å². The van der Waals surface area contributed by atoms with Crippen LogP contribution in [0.3, 0.4) is 0 Å². The van der Waals surface area contributed by atoms with Crippen LogP contribution in [-0.4, -0.2) is 11.4 Å². The molecule has 0 unspecified atom stereocenters. The lowest BCUT2D eigenvalue weighted by atomic mass is 9.97. The van der Waals surface area contributed by atoms with Gasteiger partial charge in [0.1, 0.15) is 12.0 Å². The zero-order valence-corrected chi connectivity index (χ0v) is 8.16. The number of benzene rings is 1. The predicted molar refractivity (Wildman–Crippen MR) is 52.3 cm³/mol. The Morgan fingerprint density at radius 2 is 2.00 bits per heavy atom. The fraction of sp³-hybridized carbons (Fsp3) is 0.364. The lowest BCUT2D eigenvalue weighted by molar-refractivity contribution is 0.112. The molecule has 0 aliphatic carbocycles. The fourth-order valence-electron chi connectivity index (χ4n) is 1.34. The second-order valence-corrected chi connectivity index (χ2v) is 3.55. The molecule has 0 fully saturated rings. The van der Waals surface area contributed by atoms with E-state index in [1.165, 1.54) is 0 Å². The fourth-order valence-corrected chi connectivity index (χ4v) is 1.34. The first kappa shape index (κ1) is 9.78. The highest BCUT2D eigenvalue weighted by atomic mass is 16.3. The van der Waals surface area contributed by atoms with Crippen LogP contribution in [-0.2, 0) is 0 Å². The molecule has 0 saturated carbocycles. The van der Waals surface area contributed by atoms with Crippen molar-refractivity contribution in [1.82, 2.24) is 0 Å². The average Bonchev–Trinajstić information content (AvgIpc) is 2.09. The van der Waals surface area contributed by atoms with Crippen molar-refractivity contribution >= 4 is 6.29 Å². The highest BCUT2D eigenvalue weighted by Gasteiger charge is 2.09. The molecule has 0 atom stereocenters. The van der Waals surface area contributed by atoms with Crippen LogP contribution in [0.1, 0.15) is 41.3 Å². The van der Waals surface area contributed by atoms with Crippen molar-refractivity contribution in [3.8, 4) is 5.75 Å². The Morgan fingerprint density at radius 1 is 1.38 bits per heavy atom. The van der Waals surface area contributed by atoms with E-state index in [1.807, 2.05) is 13.8 Å². The molecule has 2 nitrogen and oxygen atoms in total. The summed E-state index contributed by atoms with van der Waals surface area (Å²) >= 11 is 0. The summed E-state index contributed by atoms with van der Waals surface area (Å²) in [6, 6.07) is 3.42. The van der Waals surface area contributed by atoms with Gasteiger partial charge in [-0.1, -0.05) is 13.8 Å². The number of aromatic hydroxyl groups is 1. The van der Waals surface area contributed by atoms with Gasteiger partial charge < -0.3 is 5.11 Å². The number of carbonyl (C=O) groups is 1. The molecule has 2 heteroatoms. The van der Waals surface area contributed by atoms with Gasteiger partial charge >= 0.3 is 0 Å². The molecule has 1 rings (SSSR count). The van der Waals surface area contributed by atoms with Crippen LogP contribution >= 0.6 is 0 Å². The molecule has 0 amide bonds. The first-order valence-corrected chi connectivity index (χ1v) is 4.35. The van der Waals surface area contributed by atoms with Crippen LogP contribution in [0.5, 0.6) is 5.75 Å². The number of phenolic OH excluding ortho intramolecular Hbond substituents is 1. The monoisotopic (exact) mass is 178 g/mol. The van der Waals surface area contributed by atoms with Crippen LogP contribution < -0.4 is 0 Å². The van der Waals surface area contributed by atoms with Crippen molar-refractivity contribution in [2.75, 3.05) is 0 Å². The SMILES string of the molecule is Cc1cc(C=O)cc(C(C)C)c1O. The maximum atomic E-state index is 10.6. The second kappa shape index (κ2) is 3.60. The van der Waals surface area contributed by atoms with Gasteiger partial charge in [-0.3, -0.25) is 4.79 Å². The van der Waals surface area contributed by atoms with E-state index in [0.717, 1.165) is 17.4 Å². The number of hydrogen-bond donors (Lipinski definition) is 1. The van der Waals surface area contributed by atoms with Gasteiger partial charge in [0.05, 0.1) is 0 Å². The van der Waals surface area contributed by atoms with E-state index < -0.39 is 0 Å². The van der Waals surface area contributed by atoms with E-state index in [0.29, 0.717) is 11.3 Å². The predicted octanol–water partition coefficient (Wildman–Crippen LogP) is 2.64. The van der Waals surface area contributed by atoms with Crippen molar-refractivity contribution in [3.63, 3.8) is 0 Å². The second-order valence-electron chi connectivity index (χ2n) is 3.55.